The molecule has 0 saturated carbocycles. The summed E-state index contributed by atoms with van der Waals surface area (Å²) in [5.41, 5.74) is 0. The van der Waals surface area contributed by atoms with Crippen LogP contribution in [0.4, 0.5) is 0 Å². The van der Waals surface area contributed by atoms with Crippen molar-refractivity contribution in [2.75, 3.05) is 13.1 Å². The van der Waals surface area contributed by atoms with Crippen molar-refractivity contribution in [1.29, 1.82) is 0 Å². The van der Waals surface area contributed by atoms with Crippen LogP contribution in [0.2, 0.25) is 0 Å². The highest BCUT2D eigenvalue weighted by molar-refractivity contribution is 5.79. The van der Waals surface area contributed by atoms with Crippen LogP contribution in [0.1, 0.15) is 25.1 Å². The second-order valence-corrected chi connectivity index (χ2v) is 4.96. The van der Waals surface area contributed by atoms with Gasteiger partial charge < -0.3 is 14.5 Å². The van der Waals surface area contributed by atoms with Gasteiger partial charge in [0, 0.05) is 25.9 Å². The van der Waals surface area contributed by atoms with Gasteiger partial charge in [-0.05, 0) is 12.8 Å². The minimum absolute atomic E-state index is 0.00732. The predicted molar refractivity (Wildman–Crippen MR) is 64.2 cm³/mol. The van der Waals surface area contributed by atoms with E-state index >= 15 is 0 Å². The molecule has 1 amide bonds. The Hall–Kier alpha value is -1.92. The molecular weight excluding hydrogens is 250 g/mol. The van der Waals surface area contributed by atoms with Crippen LogP contribution in [-0.2, 0) is 16.0 Å². The maximum Gasteiger partial charge on any atom is 0.308 e. The monoisotopic (exact) mass is 267 g/mol. The summed E-state index contributed by atoms with van der Waals surface area (Å²) in [5, 5.41) is 12.7. The normalized spacial score (nSPS) is 22.7. The van der Waals surface area contributed by atoms with Crippen molar-refractivity contribution >= 4 is 11.9 Å². The van der Waals surface area contributed by atoms with Gasteiger partial charge in [0.15, 0.2) is 5.82 Å². The summed E-state index contributed by atoms with van der Waals surface area (Å²) in [4.78, 5) is 28.6. The van der Waals surface area contributed by atoms with E-state index < -0.39 is 11.9 Å². The van der Waals surface area contributed by atoms with Gasteiger partial charge in [-0.2, -0.15) is 4.98 Å². The molecule has 1 aliphatic rings. The molecule has 0 aliphatic carbocycles. The summed E-state index contributed by atoms with van der Waals surface area (Å²) in [6.07, 6.45) is 0.656. The van der Waals surface area contributed by atoms with Gasteiger partial charge in [0.1, 0.15) is 0 Å². The van der Waals surface area contributed by atoms with Gasteiger partial charge in [0.25, 0.3) is 0 Å². The highest BCUT2D eigenvalue weighted by Gasteiger charge is 2.36. The number of aromatic nitrogens is 2. The Bertz CT molecular complexity index is 485. The third-order valence-electron chi connectivity index (χ3n) is 3.40. The third-order valence-corrected chi connectivity index (χ3v) is 3.40. The van der Waals surface area contributed by atoms with Crippen LogP contribution in [0.3, 0.4) is 0 Å². The van der Waals surface area contributed by atoms with Crippen LogP contribution >= 0.6 is 0 Å². The van der Waals surface area contributed by atoms with Gasteiger partial charge in [0.2, 0.25) is 11.8 Å². The van der Waals surface area contributed by atoms with Crippen LogP contribution < -0.4 is 0 Å². The first-order valence-electron chi connectivity index (χ1n) is 6.27. The van der Waals surface area contributed by atoms with Crippen LogP contribution in [0.5, 0.6) is 0 Å². The zero-order valence-electron chi connectivity index (χ0n) is 11.0. The summed E-state index contributed by atoms with van der Waals surface area (Å²) in [6, 6.07) is 0. The average Bonchev–Trinajstić information content (AvgIpc) is 2.92. The van der Waals surface area contributed by atoms with Crippen LogP contribution in [-0.4, -0.2) is 45.1 Å². The molecule has 2 unspecified atom stereocenters. The number of carbonyl (C=O) groups excluding carboxylic acids is 1. The van der Waals surface area contributed by atoms with E-state index in [1.54, 1.807) is 11.8 Å². The Morgan fingerprint density at radius 3 is 2.74 bits per heavy atom. The van der Waals surface area contributed by atoms with Gasteiger partial charge >= 0.3 is 5.97 Å². The highest BCUT2D eigenvalue weighted by Crippen LogP contribution is 2.23. The Morgan fingerprint density at radius 2 is 2.21 bits per heavy atom. The molecule has 1 saturated heterocycles. The van der Waals surface area contributed by atoms with Crippen molar-refractivity contribution in [2.24, 2.45) is 11.8 Å². The summed E-state index contributed by atoms with van der Waals surface area (Å²) in [7, 11) is 0. The molecule has 1 aromatic heterocycles. The molecule has 0 bridgehead atoms. The van der Waals surface area contributed by atoms with Gasteiger partial charge in [0.05, 0.1) is 5.92 Å². The van der Waals surface area contributed by atoms with Gasteiger partial charge in [-0.15, -0.1) is 0 Å². The van der Waals surface area contributed by atoms with Crippen molar-refractivity contribution in [1.82, 2.24) is 15.0 Å². The topological polar surface area (TPSA) is 96.5 Å². The quantitative estimate of drug-likeness (QED) is 0.852. The second kappa shape index (κ2) is 5.38. The first-order valence-corrected chi connectivity index (χ1v) is 6.27. The van der Waals surface area contributed by atoms with Crippen molar-refractivity contribution in [3.63, 3.8) is 0 Å². The fourth-order valence-electron chi connectivity index (χ4n) is 2.31. The van der Waals surface area contributed by atoms with Crippen LogP contribution in [0.25, 0.3) is 0 Å². The summed E-state index contributed by atoms with van der Waals surface area (Å²) in [6.45, 7) is 4.36. The number of likely N-dealkylation sites (tertiary alicyclic amines) is 1. The Balaban J connectivity index is 1.86. The van der Waals surface area contributed by atoms with Crippen LogP contribution in [0.15, 0.2) is 4.52 Å². The first-order chi connectivity index (χ1) is 8.97. The number of aryl methyl sites for hydroxylation is 2. The second-order valence-electron chi connectivity index (χ2n) is 4.96. The lowest BCUT2D eigenvalue weighted by atomic mass is 9.99. The van der Waals surface area contributed by atoms with Crippen molar-refractivity contribution < 1.29 is 19.2 Å². The van der Waals surface area contributed by atoms with Crippen molar-refractivity contribution in [3.05, 3.63) is 11.7 Å². The van der Waals surface area contributed by atoms with Gasteiger partial charge in [-0.1, -0.05) is 12.1 Å². The Morgan fingerprint density at radius 1 is 1.47 bits per heavy atom. The number of carbonyl (C=O) groups is 2. The number of carboxylic acids is 1. The number of amides is 1. The average molecular weight is 267 g/mol. The van der Waals surface area contributed by atoms with E-state index in [9.17, 15) is 9.59 Å². The minimum Gasteiger partial charge on any atom is -0.481 e. The van der Waals surface area contributed by atoms with E-state index in [-0.39, 0.29) is 24.8 Å². The lowest BCUT2D eigenvalue weighted by Crippen LogP contribution is -2.30. The predicted octanol–water partition coefficient (Wildman–Crippen LogP) is 0.490. The molecule has 2 atom stereocenters. The third kappa shape index (κ3) is 3.10. The first kappa shape index (κ1) is 13.5. The smallest absolute Gasteiger partial charge is 0.308 e. The molecule has 1 aliphatic heterocycles. The lowest BCUT2D eigenvalue weighted by Gasteiger charge is -2.15. The molecule has 0 aromatic carbocycles. The summed E-state index contributed by atoms with van der Waals surface area (Å²) < 4.78 is 4.93. The van der Waals surface area contributed by atoms with E-state index in [1.165, 1.54) is 0 Å². The lowest BCUT2D eigenvalue weighted by molar-refractivity contribution is -0.142. The molecule has 1 aromatic rings. The summed E-state index contributed by atoms with van der Waals surface area (Å²) in [5.74, 6) is -0.389. The van der Waals surface area contributed by atoms with Crippen LogP contribution in [0, 0.1) is 18.8 Å². The number of hydrogen-bond acceptors (Lipinski definition) is 5. The maximum absolute atomic E-state index is 12.0. The molecule has 2 heterocycles. The molecule has 2 rings (SSSR count). The van der Waals surface area contributed by atoms with E-state index in [0.717, 1.165) is 0 Å². The molecule has 7 heteroatoms. The molecule has 7 nitrogen and oxygen atoms in total. The zero-order chi connectivity index (χ0) is 14.0. The maximum atomic E-state index is 12.0. The minimum atomic E-state index is -0.838. The number of nitrogens with zero attached hydrogens (tertiary/aromatic N) is 3. The SMILES string of the molecule is Cc1noc(CCC(=O)N2CC(C)C(C(=O)O)C2)n1. The molecular formula is C12H17N3O4. The number of aliphatic carboxylic acids is 1. The Labute approximate surface area is 110 Å². The van der Waals surface area contributed by atoms with E-state index in [2.05, 4.69) is 10.1 Å². The number of rotatable bonds is 4. The number of carboxylic acid groups (broad SMARTS) is 1. The molecule has 0 spiro atoms. The highest BCUT2D eigenvalue weighted by atomic mass is 16.5. The summed E-state index contributed by atoms with van der Waals surface area (Å²) >= 11 is 0. The van der Waals surface area contributed by atoms with E-state index in [1.807, 2.05) is 6.92 Å². The molecule has 0 radical (unpaired) electrons. The molecule has 1 N–H and O–H groups in total. The largest absolute Gasteiger partial charge is 0.481 e. The zero-order valence-corrected chi connectivity index (χ0v) is 11.0. The van der Waals surface area contributed by atoms with E-state index in [4.69, 9.17) is 9.63 Å². The molecule has 104 valence electrons. The number of hydrogen-bond donors (Lipinski definition) is 1. The molecule has 1 fully saturated rings. The van der Waals surface area contributed by atoms with Gasteiger partial charge in [-0.3, -0.25) is 9.59 Å². The van der Waals surface area contributed by atoms with Gasteiger partial charge in [-0.25, -0.2) is 0 Å². The van der Waals surface area contributed by atoms with Crippen molar-refractivity contribution in [3.8, 4) is 0 Å². The van der Waals surface area contributed by atoms with Crippen molar-refractivity contribution in [2.45, 2.75) is 26.7 Å². The fraction of sp³-hybridized carbons (Fsp3) is 0.667. The Kier molecular flexibility index (Phi) is 3.82. The van der Waals surface area contributed by atoms with E-state index in [0.29, 0.717) is 24.7 Å². The standard InChI is InChI=1S/C12H17N3O4/c1-7-5-15(6-9(7)12(17)18)11(16)4-3-10-13-8(2)14-19-10/h7,9H,3-6H2,1-2H3,(H,17,18). The molecule has 19 heavy (non-hydrogen) atoms. The fourth-order valence-corrected chi connectivity index (χ4v) is 2.31.